The lowest BCUT2D eigenvalue weighted by Crippen LogP contribution is -2.11. The largest absolute Gasteiger partial charge is 0.337 e. The van der Waals surface area contributed by atoms with Gasteiger partial charge < -0.3 is 10.3 Å². The number of anilines is 1. The highest BCUT2D eigenvalue weighted by atomic mass is 16.1. The van der Waals surface area contributed by atoms with Gasteiger partial charge in [0.25, 0.3) is 5.91 Å². The van der Waals surface area contributed by atoms with Crippen molar-refractivity contribution >= 4 is 22.8 Å². The molecule has 0 atom stereocenters. The number of nitrogens with zero attached hydrogens (tertiary/aromatic N) is 2. The number of carbonyl (C=O) groups excluding carboxylic acids is 1. The summed E-state index contributed by atoms with van der Waals surface area (Å²) < 4.78 is 0. The van der Waals surface area contributed by atoms with E-state index >= 15 is 0 Å². The molecule has 2 aromatic heterocycles. The SMILES string of the molecule is O=C(Nc1cc(-c2nc3ccccc3[nH]2)[nH]n1)c1ccccc1. The topological polar surface area (TPSA) is 86.5 Å². The van der Waals surface area contributed by atoms with Crippen molar-refractivity contribution in [3.05, 3.63) is 66.2 Å². The van der Waals surface area contributed by atoms with Crippen LogP contribution in [0, 0.1) is 0 Å². The standard InChI is InChI=1S/C17H13N5O/c23-17(11-6-2-1-3-7-11)20-15-10-14(21-22-15)16-18-12-8-4-5-9-13(12)19-16/h1-10H,(H,18,19)(H2,20,21,22,23). The summed E-state index contributed by atoms with van der Waals surface area (Å²) in [6, 6.07) is 18.5. The smallest absolute Gasteiger partial charge is 0.256 e. The fourth-order valence-corrected chi connectivity index (χ4v) is 2.37. The van der Waals surface area contributed by atoms with Gasteiger partial charge in [0, 0.05) is 11.6 Å². The lowest BCUT2D eigenvalue weighted by atomic mass is 10.2. The highest BCUT2D eigenvalue weighted by molar-refractivity contribution is 6.03. The van der Waals surface area contributed by atoms with E-state index in [1.54, 1.807) is 18.2 Å². The molecule has 4 aromatic rings. The Hall–Kier alpha value is -3.41. The highest BCUT2D eigenvalue weighted by Crippen LogP contribution is 2.20. The Morgan fingerprint density at radius 3 is 2.61 bits per heavy atom. The Labute approximate surface area is 131 Å². The third-order valence-corrected chi connectivity index (χ3v) is 3.50. The lowest BCUT2D eigenvalue weighted by molar-refractivity contribution is 0.102. The summed E-state index contributed by atoms with van der Waals surface area (Å²) in [5, 5.41) is 9.75. The van der Waals surface area contributed by atoms with Gasteiger partial charge >= 0.3 is 0 Å². The molecule has 0 aliphatic carbocycles. The Morgan fingerprint density at radius 1 is 1.00 bits per heavy atom. The Balaban J connectivity index is 1.58. The van der Waals surface area contributed by atoms with Crippen molar-refractivity contribution in [1.29, 1.82) is 0 Å². The maximum absolute atomic E-state index is 12.1. The van der Waals surface area contributed by atoms with Crippen LogP contribution in [-0.2, 0) is 0 Å². The minimum absolute atomic E-state index is 0.201. The minimum atomic E-state index is -0.201. The Kier molecular flexibility index (Phi) is 3.12. The lowest BCUT2D eigenvalue weighted by Gasteiger charge is -2.00. The van der Waals surface area contributed by atoms with Crippen molar-refractivity contribution in [3.8, 4) is 11.5 Å². The molecule has 0 saturated carbocycles. The summed E-state index contributed by atoms with van der Waals surface area (Å²) in [5.41, 5.74) is 3.13. The molecule has 0 saturated heterocycles. The van der Waals surface area contributed by atoms with Crippen molar-refractivity contribution in [3.63, 3.8) is 0 Å². The molecule has 0 aliphatic rings. The van der Waals surface area contributed by atoms with Crippen molar-refractivity contribution < 1.29 is 4.79 Å². The normalized spacial score (nSPS) is 10.8. The van der Waals surface area contributed by atoms with Gasteiger partial charge in [-0.1, -0.05) is 30.3 Å². The molecule has 6 nitrogen and oxygen atoms in total. The number of para-hydroxylation sites is 2. The molecule has 0 aliphatic heterocycles. The number of hydrogen-bond acceptors (Lipinski definition) is 3. The predicted molar refractivity (Wildman–Crippen MR) is 88.1 cm³/mol. The molecule has 1 amide bonds. The molecule has 0 spiro atoms. The van der Waals surface area contributed by atoms with Crippen LogP contribution in [0.25, 0.3) is 22.6 Å². The van der Waals surface area contributed by atoms with Crippen LogP contribution in [0.2, 0.25) is 0 Å². The average Bonchev–Trinajstić information content (AvgIpc) is 3.21. The van der Waals surface area contributed by atoms with Crippen LogP contribution >= 0.6 is 0 Å². The first-order chi connectivity index (χ1) is 11.3. The molecule has 2 aromatic carbocycles. The molecule has 0 fully saturated rings. The fraction of sp³-hybridized carbons (Fsp3) is 0. The van der Waals surface area contributed by atoms with Gasteiger partial charge in [-0.05, 0) is 24.3 Å². The summed E-state index contributed by atoms with van der Waals surface area (Å²) >= 11 is 0. The van der Waals surface area contributed by atoms with Crippen molar-refractivity contribution in [1.82, 2.24) is 20.2 Å². The number of rotatable bonds is 3. The van der Waals surface area contributed by atoms with Crippen LogP contribution < -0.4 is 5.32 Å². The van der Waals surface area contributed by atoms with E-state index in [0.717, 1.165) is 11.0 Å². The molecule has 112 valence electrons. The summed E-state index contributed by atoms with van der Waals surface area (Å²) in [7, 11) is 0. The second kappa shape index (κ2) is 5.42. The van der Waals surface area contributed by atoms with E-state index in [0.29, 0.717) is 22.9 Å². The Bertz CT molecular complexity index is 938. The van der Waals surface area contributed by atoms with Gasteiger partial charge in [0.2, 0.25) is 0 Å². The van der Waals surface area contributed by atoms with E-state index in [4.69, 9.17) is 0 Å². The fourth-order valence-electron chi connectivity index (χ4n) is 2.37. The van der Waals surface area contributed by atoms with E-state index in [2.05, 4.69) is 25.5 Å². The zero-order valence-electron chi connectivity index (χ0n) is 12.1. The molecule has 0 radical (unpaired) electrons. The van der Waals surface area contributed by atoms with Gasteiger partial charge in [0.15, 0.2) is 11.6 Å². The van der Waals surface area contributed by atoms with Crippen molar-refractivity contribution in [2.45, 2.75) is 0 Å². The van der Waals surface area contributed by atoms with E-state index in [-0.39, 0.29) is 5.91 Å². The number of H-pyrrole nitrogens is 2. The molecular weight excluding hydrogens is 290 g/mol. The number of fused-ring (bicyclic) bond motifs is 1. The highest BCUT2D eigenvalue weighted by Gasteiger charge is 2.11. The van der Waals surface area contributed by atoms with Gasteiger partial charge in [-0.25, -0.2) is 4.98 Å². The molecule has 6 heteroatoms. The maximum Gasteiger partial charge on any atom is 0.256 e. The van der Waals surface area contributed by atoms with Crippen LogP contribution in [0.3, 0.4) is 0 Å². The number of hydrogen-bond donors (Lipinski definition) is 3. The van der Waals surface area contributed by atoms with Crippen LogP contribution in [-0.4, -0.2) is 26.1 Å². The van der Waals surface area contributed by atoms with Gasteiger partial charge in [0.1, 0.15) is 5.69 Å². The van der Waals surface area contributed by atoms with Gasteiger partial charge in [0.05, 0.1) is 11.0 Å². The first-order valence-corrected chi connectivity index (χ1v) is 7.16. The zero-order valence-corrected chi connectivity index (χ0v) is 12.1. The van der Waals surface area contributed by atoms with E-state index < -0.39 is 0 Å². The van der Waals surface area contributed by atoms with Gasteiger partial charge in [-0.2, -0.15) is 5.10 Å². The van der Waals surface area contributed by atoms with Crippen molar-refractivity contribution in [2.75, 3.05) is 5.32 Å². The van der Waals surface area contributed by atoms with E-state index in [1.807, 2.05) is 42.5 Å². The summed E-state index contributed by atoms with van der Waals surface area (Å²) in [5.74, 6) is 0.932. The van der Waals surface area contributed by atoms with Crippen LogP contribution in [0.15, 0.2) is 60.7 Å². The number of aromatic amines is 2. The first kappa shape index (κ1) is 13.3. The van der Waals surface area contributed by atoms with Crippen molar-refractivity contribution in [2.24, 2.45) is 0 Å². The number of carbonyl (C=O) groups is 1. The minimum Gasteiger partial charge on any atom is -0.337 e. The van der Waals surface area contributed by atoms with Gasteiger partial charge in [-0.15, -0.1) is 0 Å². The summed E-state index contributed by atoms with van der Waals surface area (Å²) in [6.07, 6.45) is 0. The van der Waals surface area contributed by atoms with Gasteiger partial charge in [-0.3, -0.25) is 9.89 Å². The van der Waals surface area contributed by atoms with Crippen LogP contribution in [0.5, 0.6) is 0 Å². The number of aromatic nitrogens is 4. The quantitative estimate of drug-likeness (QED) is 0.543. The van der Waals surface area contributed by atoms with Crippen LogP contribution in [0.1, 0.15) is 10.4 Å². The third-order valence-electron chi connectivity index (χ3n) is 3.50. The molecular formula is C17H13N5O. The molecule has 0 unspecified atom stereocenters. The molecule has 3 N–H and O–H groups in total. The second-order valence-electron chi connectivity index (χ2n) is 5.09. The summed E-state index contributed by atoms with van der Waals surface area (Å²) in [4.78, 5) is 19.8. The van der Waals surface area contributed by atoms with E-state index in [1.165, 1.54) is 0 Å². The average molecular weight is 303 g/mol. The summed E-state index contributed by atoms with van der Waals surface area (Å²) in [6.45, 7) is 0. The second-order valence-corrected chi connectivity index (χ2v) is 5.09. The van der Waals surface area contributed by atoms with E-state index in [9.17, 15) is 4.79 Å². The number of imidazole rings is 1. The number of benzene rings is 2. The predicted octanol–water partition coefficient (Wildman–Crippen LogP) is 3.21. The first-order valence-electron chi connectivity index (χ1n) is 7.16. The molecule has 4 rings (SSSR count). The monoisotopic (exact) mass is 303 g/mol. The maximum atomic E-state index is 12.1. The molecule has 0 bridgehead atoms. The Morgan fingerprint density at radius 2 is 1.78 bits per heavy atom. The van der Waals surface area contributed by atoms with Crippen LogP contribution in [0.4, 0.5) is 5.82 Å². The molecule has 23 heavy (non-hydrogen) atoms. The molecule has 2 heterocycles. The zero-order chi connectivity index (χ0) is 15.6. The number of nitrogens with one attached hydrogen (secondary N) is 3. The third kappa shape index (κ3) is 2.57. The number of amides is 1.